The number of benzene rings is 2. The summed E-state index contributed by atoms with van der Waals surface area (Å²) in [4.78, 5) is 17.4. The van der Waals surface area contributed by atoms with Gasteiger partial charge in [0.1, 0.15) is 5.75 Å². The fourth-order valence-corrected chi connectivity index (χ4v) is 3.74. The van der Waals surface area contributed by atoms with Crippen molar-refractivity contribution in [2.45, 2.75) is 6.04 Å². The smallest absolute Gasteiger partial charge is 0.251 e. The Labute approximate surface area is 169 Å². The minimum absolute atomic E-state index is 0.0519. The van der Waals surface area contributed by atoms with Gasteiger partial charge in [-0.05, 0) is 42.9 Å². The molecule has 2 aromatic rings. The van der Waals surface area contributed by atoms with E-state index in [0.29, 0.717) is 12.1 Å². The summed E-state index contributed by atoms with van der Waals surface area (Å²) < 4.78 is 6.18. The van der Waals surface area contributed by atoms with Gasteiger partial charge in [0.25, 0.3) is 5.91 Å². The number of nitrogens with one attached hydrogen (secondary N) is 1. The molecule has 27 heavy (non-hydrogen) atoms. The summed E-state index contributed by atoms with van der Waals surface area (Å²) in [7, 11) is 3.82. The van der Waals surface area contributed by atoms with Crippen LogP contribution in [0.1, 0.15) is 22.0 Å². The molecule has 0 saturated carbocycles. The molecule has 1 saturated heterocycles. The molecular weight excluding hydrogens is 406 g/mol. The van der Waals surface area contributed by atoms with Gasteiger partial charge in [0.2, 0.25) is 0 Å². The Bertz CT molecular complexity index is 758. The molecule has 0 spiro atoms. The summed E-state index contributed by atoms with van der Waals surface area (Å²) in [6.45, 7) is 4.61. The van der Waals surface area contributed by atoms with Crippen molar-refractivity contribution in [1.29, 1.82) is 0 Å². The van der Waals surface area contributed by atoms with E-state index in [1.807, 2.05) is 36.4 Å². The molecule has 0 radical (unpaired) electrons. The number of piperazine rings is 1. The van der Waals surface area contributed by atoms with Crippen LogP contribution in [0, 0.1) is 0 Å². The van der Waals surface area contributed by atoms with Crippen molar-refractivity contribution >= 4 is 21.8 Å². The minimum atomic E-state index is -0.0519. The molecular formula is C21H26BrN3O2. The molecule has 1 atom stereocenters. The molecule has 3 rings (SSSR count). The van der Waals surface area contributed by atoms with Crippen LogP contribution in [0.4, 0.5) is 0 Å². The van der Waals surface area contributed by atoms with E-state index in [4.69, 9.17) is 4.74 Å². The second-order valence-electron chi connectivity index (χ2n) is 6.85. The molecule has 1 aliphatic heterocycles. The zero-order chi connectivity index (χ0) is 19.2. The van der Waals surface area contributed by atoms with Crippen LogP contribution < -0.4 is 10.1 Å². The highest BCUT2D eigenvalue weighted by Crippen LogP contribution is 2.24. The second kappa shape index (κ2) is 9.35. The Morgan fingerprint density at radius 3 is 2.48 bits per heavy atom. The number of likely N-dealkylation sites (N-methyl/N-ethyl adjacent to an activating group) is 1. The van der Waals surface area contributed by atoms with Crippen molar-refractivity contribution in [2.75, 3.05) is 46.9 Å². The molecule has 0 bridgehead atoms. The molecule has 1 heterocycles. The lowest BCUT2D eigenvalue weighted by atomic mass is 10.0. The molecule has 0 aromatic heterocycles. The normalized spacial score (nSPS) is 16.7. The van der Waals surface area contributed by atoms with E-state index >= 15 is 0 Å². The maximum absolute atomic E-state index is 12.6. The largest absolute Gasteiger partial charge is 0.497 e. The van der Waals surface area contributed by atoms with Gasteiger partial charge in [-0.3, -0.25) is 9.69 Å². The van der Waals surface area contributed by atoms with Crippen LogP contribution >= 0.6 is 15.9 Å². The highest BCUT2D eigenvalue weighted by atomic mass is 79.9. The fourth-order valence-electron chi connectivity index (χ4n) is 3.34. The van der Waals surface area contributed by atoms with Crippen molar-refractivity contribution in [2.24, 2.45) is 0 Å². The van der Waals surface area contributed by atoms with Crippen LogP contribution in [0.3, 0.4) is 0 Å². The predicted molar refractivity (Wildman–Crippen MR) is 111 cm³/mol. The van der Waals surface area contributed by atoms with Crippen molar-refractivity contribution in [1.82, 2.24) is 15.1 Å². The molecule has 1 N–H and O–H groups in total. The van der Waals surface area contributed by atoms with Crippen LogP contribution in [0.25, 0.3) is 0 Å². The molecule has 6 heteroatoms. The van der Waals surface area contributed by atoms with E-state index in [2.05, 4.69) is 50.2 Å². The summed E-state index contributed by atoms with van der Waals surface area (Å²) in [6, 6.07) is 15.7. The molecule has 5 nitrogen and oxygen atoms in total. The lowest BCUT2D eigenvalue weighted by Gasteiger charge is -2.38. The molecule has 1 aliphatic rings. The Kier molecular flexibility index (Phi) is 6.88. The van der Waals surface area contributed by atoms with Crippen molar-refractivity contribution in [3.8, 4) is 5.75 Å². The number of carbonyl (C=O) groups is 1. The van der Waals surface area contributed by atoms with Gasteiger partial charge in [-0.25, -0.2) is 0 Å². The summed E-state index contributed by atoms with van der Waals surface area (Å²) in [6.07, 6.45) is 0. The first-order valence-electron chi connectivity index (χ1n) is 9.17. The van der Waals surface area contributed by atoms with Gasteiger partial charge in [0.05, 0.1) is 13.2 Å². The quantitative estimate of drug-likeness (QED) is 0.762. The van der Waals surface area contributed by atoms with Crippen LogP contribution in [-0.2, 0) is 0 Å². The standard InChI is InChI=1S/C21H26BrN3O2/c1-24-10-12-25(13-11-24)20(16-6-8-19(27-2)9-7-16)15-23-21(26)17-4-3-5-18(22)14-17/h3-9,14,20H,10-13,15H2,1-2H3,(H,23,26)/t20-/m0/s1. The summed E-state index contributed by atoms with van der Waals surface area (Å²) in [5.41, 5.74) is 1.85. The summed E-state index contributed by atoms with van der Waals surface area (Å²) in [5.74, 6) is 0.790. The first-order valence-corrected chi connectivity index (χ1v) is 9.96. The number of amides is 1. The van der Waals surface area contributed by atoms with Gasteiger partial charge in [-0.1, -0.05) is 34.1 Å². The maximum atomic E-state index is 12.6. The van der Waals surface area contributed by atoms with E-state index in [0.717, 1.165) is 36.4 Å². The average molecular weight is 432 g/mol. The lowest BCUT2D eigenvalue weighted by Crippen LogP contribution is -2.48. The first-order chi connectivity index (χ1) is 13.1. The van der Waals surface area contributed by atoms with Crippen molar-refractivity contribution in [3.05, 3.63) is 64.1 Å². The van der Waals surface area contributed by atoms with Gasteiger partial charge >= 0.3 is 0 Å². The van der Waals surface area contributed by atoms with Crippen LogP contribution in [-0.4, -0.2) is 62.6 Å². The van der Waals surface area contributed by atoms with E-state index in [1.165, 1.54) is 5.56 Å². The monoisotopic (exact) mass is 431 g/mol. The third-order valence-corrected chi connectivity index (χ3v) is 5.52. The average Bonchev–Trinajstić information content (AvgIpc) is 2.69. The van der Waals surface area contributed by atoms with Gasteiger partial charge in [-0.15, -0.1) is 0 Å². The minimum Gasteiger partial charge on any atom is -0.497 e. The van der Waals surface area contributed by atoms with Crippen LogP contribution in [0.5, 0.6) is 5.75 Å². The Hall–Kier alpha value is -1.89. The number of rotatable bonds is 6. The van der Waals surface area contributed by atoms with Gasteiger partial charge in [0.15, 0.2) is 0 Å². The van der Waals surface area contributed by atoms with Gasteiger partial charge in [0, 0.05) is 42.8 Å². The van der Waals surface area contributed by atoms with Crippen molar-refractivity contribution in [3.63, 3.8) is 0 Å². The SMILES string of the molecule is COc1ccc([C@H](CNC(=O)c2cccc(Br)c2)N2CCN(C)CC2)cc1. The maximum Gasteiger partial charge on any atom is 0.251 e. The van der Waals surface area contributed by atoms with E-state index in [-0.39, 0.29) is 11.9 Å². The topological polar surface area (TPSA) is 44.8 Å². The highest BCUT2D eigenvalue weighted by Gasteiger charge is 2.24. The number of carbonyl (C=O) groups excluding carboxylic acids is 1. The van der Waals surface area contributed by atoms with Crippen LogP contribution in [0.2, 0.25) is 0 Å². The van der Waals surface area contributed by atoms with Gasteiger partial charge in [-0.2, -0.15) is 0 Å². The molecule has 1 fully saturated rings. The first kappa shape index (κ1) is 19.9. The molecule has 144 valence electrons. The van der Waals surface area contributed by atoms with E-state index < -0.39 is 0 Å². The predicted octanol–water partition coefficient (Wildman–Crippen LogP) is 3.18. The molecule has 0 unspecified atom stereocenters. The zero-order valence-electron chi connectivity index (χ0n) is 15.8. The molecule has 2 aromatic carbocycles. The van der Waals surface area contributed by atoms with E-state index in [1.54, 1.807) is 7.11 Å². The summed E-state index contributed by atoms with van der Waals surface area (Å²) >= 11 is 3.42. The van der Waals surface area contributed by atoms with E-state index in [9.17, 15) is 4.79 Å². The zero-order valence-corrected chi connectivity index (χ0v) is 17.4. The lowest BCUT2D eigenvalue weighted by molar-refractivity contribution is 0.0886. The molecule has 1 amide bonds. The Morgan fingerprint density at radius 1 is 1.15 bits per heavy atom. The fraction of sp³-hybridized carbons (Fsp3) is 0.381. The molecule has 0 aliphatic carbocycles. The van der Waals surface area contributed by atoms with Crippen molar-refractivity contribution < 1.29 is 9.53 Å². The second-order valence-corrected chi connectivity index (χ2v) is 7.76. The van der Waals surface area contributed by atoms with Gasteiger partial charge < -0.3 is 15.0 Å². The number of hydrogen-bond donors (Lipinski definition) is 1. The third-order valence-electron chi connectivity index (χ3n) is 5.02. The Balaban J connectivity index is 1.73. The summed E-state index contributed by atoms with van der Waals surface area (Å²) in [5, 5.41) is 3.12. The highest BCUT2D eigenvalue weighted by molar-refractivity contribution is 9.10. The number of halogens is 1. The number of hydrogen-bond acceptors (Lipinski definition) is 4. The Morgan fingerprint density at radius 2 is 1.85 bits per heavy atom. The number of nitrogens with zero attached hydrogens (tertiary/aromatic N) is 2. The number of ether oxygens (including phenoxy) is 1. The third kappa shape index (κ3) is 5.31. The van der Waals surface area contributed by atoms with Crippen LogP contribution in [0.15, 0.2) is 53.0 Å². The number of methoxy groups -OCH3 is 1.